The molecule has 2 aromatic rings. The standard InChI is InChI=1S/C18H20STe/c1-2-3-14-20-18(15-16-10-6-4-7-11-16)19-17-12-8-5-9-13-17/h4-13,15H,2-3,14H2,1H3/b18-15+. The average Bonchev–Trinajstić information content (AvgIpc) is 2.49. The molecule has 2 aromatic carbocycles. The first-order valence-corrected chi connectivity index (χ1v) is 10.6. The van der Waals surface area contributed by atoms with Crippen molar-refractivity contribution < 1.29 is 0 Å². The van der Waals surface area contributed by atoms with Crippen LogP contribution in [0.15, 0.2) is 68.5 Å². The third-order valence-corrected chi connectivity index (χ3v) is 7.67. The van der Waals surface area contributed by atoms with E-state index in [9.17, 15) is 0 Å². The first kappa shape index (κ1) is 15.7. The van der Waals surface area contributed by atoms with Gasteiger partial charge in [0.2, 0.25) is 0 Å². The number of hydrogen-bond donors (Lipinski definition) is 0. The minimum absolute atomic E-state index is 0.0649. The van der Waals surface area contributed by atoms with E-state index in [1.807, 2.05) is 11.8 Å². The summed E-state index contributed by atoms with van der Waals surface area (Å²) in [6.45, 7) is 2.28. The molecule has 20 heavy (non-hydrogen) atoms. The number of unbranched alkanes of at least 4 members (excludes halogenated alkanes) is 1. The van der Waals surface area contributed by atoms with E-state index >= 15 is 0 Å². The summed E-state index contributed by atoms with van der Waals surface area (Å²) in [5.74, 6) is 0. The molecule has 104 valence electrons. The van der Waals surface area contributed by atoms with Crippen LogP contribution in [0.2, 0.25) is 4.47 Å². The molecule has 0 atom stereocenters. The van der Waals surface area contributed by atoms with Crippen LogP contribution in [0.3, 0.4) is 0 Å². The fourth-order valence-corrected chi connectivity index (χ4v) is 6.81. The first-order chi connectivity index (χ1) is 9.88. The van der Waals surface area contributed by atoms with Crippen molar-refractivity contribution in [1.82, 2.24) is 0 Å². The van der Waals surface area contributed by atoms with Crippen LogP contribution < -0.4 is 0 Å². The second kappa shape index (κ2) is 9.29. The Labute approximate surface area is 136 Å². The monoisotopic (exact) mass is 398 g/mol. The van der Waals surface area contributed by atoms with Crippen molar-refractivity contribution >= 4 is 38.8 Å². The average molecular weight is 396 g/mol. The summed E-state index contributed by atoms with van der Waals surface area (Å²) >= 11 is 1.89. The number of benzene rings is 2. The fraction of sp³-hybridized carbons (Fsp3) is 0.222. The summed E-state index contributed by atoms with van der Waals surface area (Å²) in [7, 11) is 0. The molecular weight excluding hydrogens is 376 g/mol. The predicted octanol–water partition coefficient (Wildman–Crippen LogP) is 5.70. The summed E-state index contributed by atoms with van der Waals surface area (Å²) in [5.41, 5.74) is 1.33. The maximum absolute atomic E-state index is 2.38. The van der Waals surface area contributed by atoms with Crippen LogP contribution >= 0.6 is 11.8 Å². The number of rotatable bonds is 7. The molecule has 0 heterocycles. The van der Waals surface area contributed by atoms with Gasteiger partial charge in [-0.3, -0.25) is 0 Å². The van der Waals surface area contributed by atoms with Gasteiger partial charge < -0.3 is 0 Å². The van der Waals surface area contributed by atoms with Gasteiger partial charge in [0.15, 0.2) is 0 Å². The van der Waals surface area contributed by atoms with Crippen LogP contribution in [0.1, 0.15) is 25.3 Å². The molecule has 2 heteroatoms. The second-order valence-corrected chi connectivity index (χ2v) is 9.66. The molecule has 0 saturated heterocycles. The van der Waals surface area contributed by atoms with Gasteiger partial charge in [0.1, 0.15) is 0 Å². The van der Waals surface area contributed by atoms with Crippen LogP contribution in [0, 0.1) is 0 Å². The summed E-state index contributed by atoms with van der Waals surface area (Å²) in [4.78, 5) is 1.36. The second-order valence-electron chi connectivity index (χ2n) is 4.49. The number of hydrogen-bond acceptors (Lipinski definition) is 1. The minimum atomic E-state index is -0.0649. The van der Waals surface area contributed by atoms with E-state index in [1.165, 1.54) is 27.8 Å². The summed E-state index contributed by atoms with van der Waals surface area (Å²) in [6.07, 6.45) is 5.05. The van der Waals surface area contributed by atoms with Gasteiger partial charge in [0.05, 0.1) is 0 Å². The van der Waals surface area contributed by atoms with Crippen LogP contribution in [0.4, 0.5) is 0 Å². The Balaban J connectivity index is 2.10. The summed E-state index contributed by atoms with van der Waals surface area (Å²) < 4.78 is 2.99. The molecule has 0 spiro atoms. The van der Waals surface area contributed by atoms with Gasteiger partial charge in [-0.1, -0.05) is 0 Å². The van der Waals surface area contributed by atoms with Crippen LogP contribution in [-0.2, 0) is 0 Å². The molecule has 0 unspecified atom stereocenters. The Kier molecular flexibility index (Phi) is 7.30. The molecule has 0 aliphatic carbocycles. The van der Waals surface area contributed by atoms with E-state index in [2.05, 4.69) is 73.7 Å². The third-order valence-electron chi connectivity index (χ3n) is 2.79. The molecule has 0 fully saturated rings. The zero-order valence-corrected chi connectivity index (χ0v) is 14.9. The Hall–Kier alpha value is -0.680. The van der Waals surface area contributed by atoms with Crippen molar-refractivity contribution in [2.45, 2.75) is 29.1 Å². The Morgan fingerprint density at radius 2 is 1.65 bits per heavy atom. The molecule has 0 radical (unpaired) electrons. The molecule has 0 nitrogen and oxygen atoms in total. The van der Waals surface area contributed by atoms with Gasteiger partial charge in [0, 0.05) is 0 Å². The van der Waals surface area contributed by atoms with E-state index < -0.39 is 0 Å². The molecule has 0 bridgehead atoms. The van der Waals surface area contributed by atoms with Crippen LogP contribution in [0.25, 0.3) is 6.08 Å². The van der Waals surface area contributed by atoms with Gasteiger partial charge in [-0.15, -0.1) is 0 Å². The van der Waals surface area contributed by atoms with E-state index in [0.717, 1.165) is 0 Å². The summed E-state index contributed by atoms with van der Waals surface area (Å²) in [5, 5.41) is 0. The van der Waals surface area contributed by atoms with E-state index in [1.54, 1.807) is 2.95 Å². The maximum atomic E-state index is 2.38. The first-order valence-electron chi connectivity index (χ1n) is 7.01. The SMILES string of the molecule is CCCC[Te]/C(=C/c1ccccc1)Sc1ccccc1. The molecular formula is C18H20STe. The molecule has 0 aromatic heterocycles. The molecule has 0 aliphatic rings. The van der Waals surface area contributed by atoms with Gasteiger partial charge in [-0.05, 0) is 0 Å². The van der Waals surface area contributed by atoms with Gasteiger partial charge in [-0.2, -0.15) is 0 Å². The zero-order valence-electron chi connectivity index (χ0n) is 11.8. The Bertz CT molecular complexity index is 520. The van der Waals surface area contributed by atoms with Crippen molar-refractivity contribution in [3.05, 3.63) is 69.2 Å². The topological polar surface area (TPSA) is 0 Å². The van der Waals surface area contributed by atoms with Crippen molar-refractivity contribution in [3.63, 3.8) is 0 Å². The van der Waals surface area contributed by atoms with Crippen molar-refractivity contribution in [2.75, 3.05) is 0 Å². The third kappa shape index (κ3) is 5.75. The molecule has 0 saturated carbocycles. The molecule has 2 rings (SSSR count). The van der Waals surface area contributed by atoms with E-state index in [0.29, 0.717) is 0 Å². The predicted molar refractivity (Wildman–Crippen MR) is 92.2 cm³/mol. The quantitative estimate of drug-likeness (QED) is 0.329. The van der Waals surface area contributed by atoms with Gasteiger partial charge >= 0.3 is 137 Å². The van der Waals surface area contributed by atoms with Crippen molar-refractivity contribution in [1.29, 1.82) is 0 Å². The molecule has 0 aliphatic heterocycles. The van der Waals surface area contributed by atoms with Gasteiger partial charge in [0.25, 0.3) is 0 Å². The van der Waals surface area contributed by atoms with Crippen LogP contribution in [-0.4, -0.2) is 20.9 Å². The Morgan fingerprint density at radius 3 is 2.30 bits per heavy atom. The van der Waals surface area contributed by atoms with E-state index in [-0.39, 0.29) is 20.9 Å². The zero-order chi connectivity index (χ0) is 14.0. The normalized spacial score (nSPS) is 11.6. The molecule has 0 amide bonds. The van der Waals surface area contributed by atoms with Gasteiger partial charge in [-0.25, -0.2) is 0 Å². The summed E-state index contributed by atoms with van der Waals surface area (Å²) in [6, 6.07) is 21.4. The van der Waals surface area contributed by atoms with E-state index in [4.69, 9.17) is 0 Å². The number of thioether (sulfide) groups is 1. The van der Waals surface area contributed by atoms with Crippen molar-refractivity contribution in [2.24, 2.45) is 0 Å². The van der Waals surface area contributed by atoms with Crippen LogP contribution in [0.5, 0.6) is 0 Å². The Morgan fingerprint density at radius 1 is 1.00 bits per heavy atom. The fourth-order valence-electron chi connectivity index (χ4n) is 1.71. The van der Waals surface area contributed by atoms with Crippen molar-refractivity contribution in [3.8, 4) is 0 Å². The molecule has 0 N–H and O–H groups in total.